The molecular weight excluding hydrogens is 377 g/mol. The number of ether oxygens (including phenoxy) is 1. The summed E-state index contributed by atoms with van der Waals surface area (Å²) in [5.74, 6) is -1.05. The quantitative estimate of drug-likeness (QED) is 0.706. The molecule has 1 fully saturated rings. The number of carbonyl (C=O) groups excluding carboxylic acids is 3. The van der Waals surface area contributed by atoms with Gasteiger partial charge in [0.05, 0.1) is 6.04 Å². The minimum atomic E-state index is -0.678. The number of fused-ring (bicyclic) bond motifs is 4. The summed E-state index contributed by atoms with van der Waals surface area (Å²) in [4.78, 5) is 38.5. The van der Waals surface area contributed by atoms with Crippen molar-refractivity contribution in [3.05, 3.63) is 41.7 Å². The average Bonchev–Trinajstić information content (AvgIpc) is 2.99. The zero-order valence-corrected chi connectivity index (χ0v) is 16.8. The first kappa shape index (κ1) is 20.8. The van der Waals surface area contributed by atoms with Gasteiger partial charge in [0.15, 0.2) is 0 Å². The predicted molar refractivity (Wildman–Crippen MR) is 106 cm³/mol. The highest BCUT2D eigenvalue weighted by Gasteiger charge is 2.37. The highest BCUT2D eigenvalue weighted by Crippen LogP contribution is 2.31. The van der Waals surface area contributed by atoms with Crippen molar-refractivity contribution < 1.29 is 23.5 Å². The van der Waals surface area contributed by atoms with Gasteiger partial charge in [0.25, 0.3) is 0 Å². The maximum atomic E-state index is 14.4. The molecule has 2 aliphatic heterocycles. The van der Waals surface area contributed by atoms with Gasteiger partial charge in [0.1, 0.15) is 17.5 Å². The lowest BCUT2D eigenvalue weighted by atomic mass is 10.0. The molecule has 3 rings (SSSR count). The number of halogens is 1. The van der Waals surface area contributed by atoms with Crippen LogP contribution in [0, 0.1) is 5.82 Å². The van der Waals surface area contributed by atoms with E-state index in [4.69, 9.17) is 4.74 Å². The van der Waals surface area contributed by atoms with Crippen molar-refractivity contribution in [2.45, 2.75) is 57.7 Å². The van der Waals surface area contributed by atoms with E-state index in [-0.39, 0.29) is 18.2 Å². The molecule has 0 aromatic heterocycles. The first-order valence-corrected chi connectivity index (χ1v) is 9.69. The van der Waals surface area contributed by atoms with Crippen molar-refractivity contribution in [2.24, 2.45) is 0 Å². The molecule has 1 saturated heterocycles. The van der Waals surface area contributed by atoms with E-state index in [2.05, 4.69) is 10.6 Å². The van der Waals surface area contributed by atoms with Crippen molar-refractivity contribution in [1.29, 1.82) is 0 Å². The van der Waals surface area contributed by atoms with Crippen LogP contribution in [0.25, 0.3) is 0 Å². The van der Waals surface area contributed by atoms with Crippen LogP contribution in [0.1, 0.15) is 51.6 Å². The number of nitrogens with one attached hydrogen (secondary N) is 2. The monoisotopic (exact) mass is 403 g/mol. The molecule has 29 heavy (non-hydrogen) atoms. The summed E-state index contributed by atoms with van der Waals surface area (Å²) >= 11 is 0. The first-order valence-electron chi connectivity index (χ1n) is 9.69. The maximum absolute atomic E-state index is 14.4. The van der Waals surface area contributed by atoms with Crippen LogP contribution in [0.4, 0.5) is 14.9 Å². The summed E-state index contributed by atoms with van der Waals surface area (Å²) < 4.78 is 19.8. The van der Waals surface area contributed by atoms with Gasteiger partial charge in [-0.3, -0.25) is 14.5 Å². The Balaban J connectivity index is 1.98. The summed E-state index contributed by atoms with van der Waals surface area (Å²) in [5.41, 5.74) is 0.135. The Bertz CT molecular complexity index is 847. The molecule has 0 saturated carbocycles. The Labute approximate surface area is 169 Å². The van der Waals surface area contributed by atoms with Crippen molar-refractivity contribution in [1.82, 2.24) is 10.6 Å². The second-order valence-corrected chi connectivity index (χ2v) is 8.21. The number of nitrogens with zero attached hydrogens (tertiary/aromatic N) is 1. The van der Waals surface area contributed by atoms with Gasteiger partial charge < -0.3 is 15.4 Å². The van der Waals surface area contributed by atoms with E-state index < -0.39 is 29.6 Å². The predicted octanol–water partition coefficient (Wildman–Crippen LogP) is 2.96. The zero-order valence-electron chi connectivity index (χ0n) is 16.8. The van der Waals surface area contributed by atoms with Crippen LogP contribution in [0.5, 0.6) is 0 Å². The third-order valence-corrected chi connectivity index (χ3v) is 4.72. The summed E-state index contributed by atoms with van der Waals surface area (Å²) in [6.07, 6.45) is 3.93. The molecule has 2 N–H and O–H groups in total. The van der Waals surface area contributed by atoms with Gasteiger partial charge in [-0.1, -0.05) is 12.2 Å². The van der Waals surface area contributed by atoms with E-state index in [1.165, 1.54) is 17.0 Å². The van der Waals surface area contributed by atoms with Gasteiger partial charge in [-0.15, -0.1) is 0 Å². The molecular formula is C21H26FN3O4. The van der Waals surface area contributed by atoms with E-state index in [1.807, 2.05) is 6.08 Å². The molecule has 3 amide bonds. The second kappa shape index (κ2) is 8.23. The number of anilines is 1. The minimum absolute atomic E-state index is 0.222. The molecule has 1 aromatic carbocycles. The second-order valence-electron chi connectivity index (χ2n) is 8.21. The molecule has 8 heteroatoms. The van der Waals surface area contributed by atoms with Crippen molar-refractivity contribution in [3.8, 4) is 0 Å². The van der Waals surface area contributed by atoms with Crippen LogP contribution in [0.2, 0.25) is 0 Å². The van der Waals surface area contributed by atoms with E-state index in [0.717, 1.165) is 0 Å². The molecule has 2 atom stereocenters. The van der Waals surface area contributed by atoms with Crippen LogP contribution in [0.3, 0.4) is 0 Å². The molecule has 0 aliphatic carbocycles. The molecule has 0 spiro atoms. The molecule has 2 bridgehead atoms. The zero-order chi connectivity index (χ0) is 21.2. The number of hydrogen-bond acceptors (Lipinski definition) is 4. The highest BCUT2D eigenvalue weighted by atomic mass is 19.1. The lowest BCUT2D eigenvalue weighted by Gasteiger charge is -2.27. The molecule has 2 aliphatic rings. The maximum Gasteiger partial charge on any atom is 0.408 e. The fourth-order valence-corrected chi connectivity index (χ4v) is 3.51. The van der Waals surface area contributed by atoms with Gasteiger partial charge in [-0.25, -0.2) is 9.18 Å². The molecule has 0 radical (unpaired) electrons. The molecule has 2 heterocycles. The third-order valence-electron chi connectivity index (χ3n) is 4.72. The van der Waals surface area contributed by atoms with Crippen LogP contribution in [-0.4, -0.2) is 36.1 Å². The summed E-state index contributed by atoms with van der Waals surface area (Å²) in [7, 11) is 0. The number of hydrogen-bond donors (Lipinski definition) is 2. The van der Waals surface area contributed by atoms with Crippen LogP contribution in [0.15, 0.2) is 30.4 Å². The normalized spacial score (nSPS) is 22.3. The summed E-state index contributed by atoms with van der Waals surface area (Å²) in [6, 6.07) is 2.97. The number of rotatable bonds is 1. The average molecular weight is 403 g/mol. The number of carbonyl (C=O) groups is 3. The van der Waals surface area contributed by atoms with Crippen LogP contribution in [-0.2, 0) is 14.3 Å². The van der Waals surface area contributed by atoms with Gasteiger partial charge in [-0.2, -0.15) is 0 Å². The Hall–Kier alpha value is -2.90. The fourth-order valence-electron chi connectivity index (χ4n) is 3.51. The standard InChI is InChI=1S/C21H26FN3O4/c1-21(2,3)29-20(28)24-16-6-4-5-9-23-19(27)17-7-8-18(26)25(17)15-11-13(16)10-14(22)12-15/h4-5,10-12,16-17H,6-9H2,1-3H3,(H,23,27)(H,24,28)/t16-,17+/m0/s1. The van der Waals surface area contributed by atoms with E-state index >= 15 is 0 Å². The Kier molecular flexibility index (Phi) is 5.91. The number of benzene rings is 1. The first-order chi connectivity index (χ1) is 13.6. The molecule has 0 unspecified atom stereocenters. The molecule has 7 nitrogen and oxygen atoms in total. The largest absolute Gasteiger partial charge is 0.444 e. The van der Waals surface area contributed by atoms with E-state index in [1.54, 1.807) is 32.9 Å². The van der Waals surface area contributed by atoms with Crippen molar-refractivity contribution in [3.63, 3.8) is 0 Å². The van der Waals surface area contributed by atoms with Crippen molar-refractivity contribution in [2.75, 3.05) is 11.4 Å². The van der Waals surface area contributed by atoms with E-state index in [9.17, 15) is 18.8 Å². The Morgan fingerprint density at radius 1 is 1.24 bits per heavy atom. The topological polar surface area (TPSA) is 87.7 Å². The Morgan fingerprint density at radius 2 is 2.00 bits per heavy atom. The van der Waals surface area contributed by atoms with Gasteiger partial charge in [0.2, 0.25) is 11.8 Å². The van der Waals surface area contributed by atoms with Gasteiger partial charge in [0, 0.05) is 18.7 Å². The van der Waals surface area contributed by atoms with Crippen molar-refractivity contribution >= 4 is 23.6 Å². The number of amides is 3. The Morgan fingerprint density at radius 3 is 2.72 bits per heavy atom. The van der Waals surface area contributed by atoms with Crippen LogP contribution < -0.4 is 15.5 Å². The van der Waals surface area contributed by atoms with Gasteiger partial charge >= 0.3 is 6.09 Å². The smallest absolute Gasteiger partial charge is 0.408 e. The van der Waals surface area contributed by atoms with Gasteiger partial charge in [-0.05, 0) is 57.4 Å². The lowest BCUT2D eigenvalue weighted by Crippen LogP contribution is -2.45. The third kappa shape index (κ3) is 5.13. The number of alkyl carbamates (subject to hydrolysis) is 1. The summed E-state index contributed by atoms with van der Waals surface area (Å²) in [6.45, 7) is 5.58. The minimum Gasteiger partial charge on any atom is -0.444 e. The highest BCUT2D eigenvalue weighted by molar-refractivity contribution is 6.03. The summed E-state index contributed by atoms with van der Waals surface area (Å²) in [5, 5.41) is 5.55. The SMILES string of the molecule is CC(C)(C)OC(=O)N[C@H]1CC=CCNC(=O)[C@H]2CCC(=O)N2c2cc(F)cc1c2. The molecule has 156 valence electrons. The molecule has 1 aromatic rings. The van der Waals surface area contributed by atoms with E-state index in [0.29, 0.717) is 30.6 Å². The van der Waals surface area contributed by atoms with Crippen LogP contribution >= 0.6 is 0 Å². The fraction of sp³-hybridized carbons (Fsp3) is 0.476. The lowest BCUT2D eigenvalue weighted by molar-refractivity contribution is -0.123.